The Balaban J connectivity index is 1.81. The molecule has 0 atom stereocenters. The summed E-state index contributed by atoms with van der Waals surface area (Å²) in [5, 5.41) is 14.5. The van der Waals surface area contributed by atoms with E-state index in [0.717, 1.165) is 22.8 Å². The summed E-state index contributed by atoms with van der Waals surface area (Å²) in [5.41, 5.74) is 5.77. The number of benzene rings is 2. The molecule has 5 nitrogen and oxygen atoms in total. The second kappa shape index (κ2) is 6.39. The van der Waals surface area contributed by atoms with Crippen LogP contribution >= 0.6 is 0 Å². The average Bonchev–Trinajstić information content (AvgIpc) is 3.44. The molecule has 3 heterocycles. The Morgan fingerprint density at radius 3 is 2.13 bits per heavy atom. The molecule has 4 aromatic rings. The SMILES string of the molecule is CC1(C)c2cccc(c2)-n2ncc(n2)C(C)(C)C(C)(C)c2cccc(c2)-n2ccc1n2. The van der Waals surface area contributed by atoms with Crippen LogP contribution in [0.15, 0.2) is 67.0 Å². The minimum absolute atomic E-state index is 0.179. The first-order chi connectivity index (χ1) is 14.6. The fourth-order valence-corrected chi connectivity index (χ4v) is 4.36. The second-order valence-electron chi connectivity index (χ2n) is 10.1. The van der Waals surface area contributed by atoms with Crippen LogP contribution in [0, 0.1) is 0 Å². The van der Waals surface area contributed by atoms with E-state index in [1.54, 1.807) is 4.80 Å². The van der Waals surface area contributed by atoms with Gasteiger partial charge in [-0.05, 0) is 41.5 Å². The van der Waals surface area contributed by atoms with E-state index in [2.05, 4.69) is 107 Å². The molecule has 5 heteroatoms. The van der Waals surface area contributed by atoms with Crippen molar-refractivity contribution in [2.45, 2.75) is 57.8 Å². The van der Waals surface area contributed by atoms with Gasteiger partial charge in [-0.3, -0.25) is 0 Å². The number of fused-ring (bicyclic) bond motifs is 10. The fraction of sp³-hybridized carbons (Fsp3) is 0.346. The molecule has 0 saturated carbocycles. The highest BCUT2D eigenvalue weighted by Gasteiger charge is 2.42. The first-order valence-corrected chi connectivity index (χ1v) is 10.8. The Morgan fingerprint density at radius 1 is 0.677 bits per heavy atom. The smallest absolute Gasteiger partial charge is 0.0896 e. The van der Waals surface area contributed by atoms with Crippen molar-refractivity contribution < 1.29 is 0 Å². The molecule has 2 aromatic carbocycles. The highest BCUT2D eigenvalue weighted by molar-refractivity contribution is 5.45. The lowest BCUT2D eigenvalue weighted by Crippen LogP contribution is -2.40. The summed E-state index contributed by atoms with van der Waals surface area (Å²) < 4.78 is 1.99. The van der Waals surface area contributed by atoms with Gasteiger partial charge in [0.1, 0.15) is 0 Å². The Morgan fingerprint density at radius 2 is 1.35 bits per heavy atom. The standard InChI is InChI=1S/C26H29N5/c1-24(2)18-9-7-12-21(15-18)31-27-17-23(29-31)26(5,6)25(3,4)19-10-8-11-20(16-19)30-14-13-22(24)28-30/h7-17H,1-6H3. The minimum atomic E-state index is -0.256. The highest BCUT2D eigenvalue weighted by atomic mass is 15.5. The van der Waals surface area contributed by atoms with E-state index in [1.807, 2.05) is 10.9 Å². The van der Waals surface area contributed by atoms with Gasteiger partial charge < -0.3 is 0 Å². The van der Waals surface area contributed by atoms with Crippen LogP contribution in [0.25, 0.3) is 11.4 Å². The van der Waals surface area contributed by atoms with Crippen LogP contribution in [0.2, 0.25) is 0 Å². The first-order valence-electron chi connectivity index (χ1n) is 10.8. The molecule has 0 unspecified atom stereocenters. The fourth-order valence-electron chi connectivity index (χ4n) is 4.36. The zero-order valence-corrected chi connectivity index (χ0v) is 19.1. The van der Waals surface area contributed by atoms with Crippen molar-refractivity contribution >= 4 is 0 Å². The van der Waals surface area contributed by atoms with Gasteiger partial charge in [0, 0.05) is 22.4 Å². The summed E-state index contributed by atoms with van der Waals surface area (Å²) in [4.78, 5) is 1.75. The van der Waals surface area contributed by atoms with Gasteiger partial charge in [-0.2, -0.15) is 20.1 Å². The van der Waals surface area contributed by atoms with Crippen molar-refractivity contribution in [2.24, 2.45) is 0 Å². The monoisotopic (exact) mass is 411 g/mol. The molecule has 158 valence electrons. The number of hydrogen-bond donors (Lipinski definition) is 0. The van der Waals surface area contributed by atoms with Gasteiger partial charge in [0.15, 0.2) is 0 Å². The topological polar surface area (TPSA) is 48.5 Å². The molecule has 8 bridgehead atoms. The van der Waals surface area contributed by atoms with Crippen molar-refractivity contribution in [1.29, 1.82) is 0 Å². The molecule has 0 spiro atoms. The van der Waals surface area contributed by atoms with Crippen LogP contribution in [0.4, 0.5) is 0 Å². The Hall–Kier alpha value is -3.21. The number of hydrogen-bond acceptors (Lipinski definition) is 3. The van der Waals surface area contributed by atoms with Crippen molar-refractivity contribution in [2.75, 3.05) is 0 Å². The number of rotatable bonds is 0. The molecular weight excluding hydrogens is 382 g/mol. The van der Waals surface area contributed by atoms with Crippen LogP contribution in [0.3, 0.4) is 0 Å². The normalized spacial score (nSPS) is 18.1. The van der Waals surface area contributed by atoms with Crippen LogP contribution in [-0.4, -0.2) is 24.8 Å². The van der Waals surface area contributed by atoms with Crippen molar-refractivity contribution in [3.8, 4) is 11.4 Å². The lowest BCUT2D eigenvalue weighted by Gasteiger charge is -2.41. The third-order valence-electron chi connectivity index (χ3n) is 7.56. The van der Waals surface area contributed by atoms with Gasteiger partial charge in [0.2, 0.25) is 0 Å². The minimum Gasteiger partial charge on any atom is -0.241 e. The Labute approximate surface area is 183 Å². The number of aromatic nitrogens is 5. The zero-order chi connectivity index (χ0) is 22.0. The molecule has 2 aromatic heterocycles. The molecule has 0 saturated heterocycles. The van der Waals surface area contributed by atoms with Crippen molar-refractivity contribution in [3.63, 3.8) is 0 Å². The molecule has 0 amide bonds. The Bertz CT molecular complexity index is 1270. The van der Waals surface area contributed by atoms with Crippen LogP contribution < -0.4 is 0 Å². The highest BCUT2D eigenvalue weighted by Crippen LogP contribution is 2.43. The summed E-state index contributed by atoms with van der Waals surface area (Å²) in [5.74, 6) is 0. The zero-order valence-electron chi connectivity index (χ0n) is 19.1. The van der Waals surface area contributed by atoms with E-state index >= 15 is 0 Å². The van der Waals surface area contributed by atoms with E-state index in [9.17, 15) is 0 Å². The second-order valence-corrected chi connectivity index (χ2v) is 10.1. The van der Waals surface area contributed by atoms with E-state index < -0.39 is 0 Å². The summed E-state index contributed by atoms with van der Waals surface area (Å²) in [7, 11) is 0. The molecule has 31 heavy (non-hydrogen) atoms. The summed E-state index contributed by atoms with van der Waals surface area (Å²) in [6, 6.07) is 19.2. The maximum atomic E-state index is 4.98. The molecule has 1 aliphatic rings. The first kappa shape index (κ1) is 19.7. The van der Waals surface area contributed by atoms with E-state index in [4.69, 9.17) is 10.2 Å². The van der Waals surface area contributed by atoms with Crippen LogP contribution in [-0.2, 0) is 16.2 Å². The van der Waals surface area contributed by atoms with Gasteiger partial charge in [-0.15, -0.1) is 0 Å². The van der Waals surface area contributed by atoms with Crippen LogP contribution in [0.1, 0.15) is 64.1 Å². The molecule has 0 fully saturated rings. The van der Waals surface area contributed by atoms with Crippen molar-refractivity contribution in [3.05, 3.63) is 89.5 Å². The summed E-state index contributed by atoms with van der Waals surface area (Å²) in [6.07, 6.45) is 3.97. The van der Waals surface area contributed by atoms with Crippen molar-refractivity contribution in [1.82, 2.24) is 24.8 Å². The van der Waals surface area contributed by atoms with E-state index in [-0.39, 0.29) is 16.2 Å². The van der Waals surface area contributed by atoms with Gasteiger partial charge in [0.25, 0.3) is 0 Å². The summed E-state index contributed by atoms with van der Waals surface area (Å²) in [6.45, 7) is 13.5. The molecule has 0 radical (unpaired) electrons. The van der Waals surface area contributed by atoms with Gasteiger partial charge in [-0.25, -0.2) is 4.68 Å². The molecular formula is C26H29N5. The van der Waals surface area contributed by atoms with E-state index in [1.165, 1.54) is 11.1 Å². The predicted molar refractivity (Wildman–Crippen MR) is 123 cm³/mol. The molecule has 0 N–H and O–H groups in total. The largest absolute Gasteiger partial charge is 0.241 e. The van der Waals surface area contributed by atoms with Gasteiger partial charge in [-0.1, -0.05) is 65.8 Å². The molecule has 1 aliphatic heterocycles. The van der Waals surface area contributed by atoms with Crippen LogP contribution in [0.5, 0.6) is 0 Å². The molecule has 0 aliphatic carbocycles. The van der Waals surface area contributed by atoms with Gasteiger partial charge >= 0.3 is 0 Å². The van der Waals surface area contributed by atoms with Gasteiger partial charge in [0.05, 0.1) is 29.0 Å². The number of nitrogens with zero attached hydrogens (tertiary/aromatic N) is 5. The maximum Gasteiger partial charge on any atom is 0.0896 e. The lowest BCUT2D eigenvalue weighted by molar-refractivity contribution is 0.294. The Kier molecular flexibility index (Phi) is 4.07. The quantitative estimate of drug-likeness (QED) is 0.392. The maximum absolute atomic E-state index is 4.98. The third kappa shape index (κ3) is 2.87. The third-order valence-corrected chi connectivity index (χ3v) is 7.56. The lowest BCUT2D eigenvalue weighted by atomic mass is 9.62. The summed E-state index contributed by atoms with van der Waals surface area (Å²) >= 11 is 0. The van der Waals surface area contributed by atoms with E-state index in [0.29, 0.717) is 0 Å². The molecule has 5 rings (SSSR count). The average molecular weight is 412 g/mol. The predicted octanol–water partition coefficient (Wildman–Crippen LogP) is 5.35.